The molecule has 0 radical (unpaired) electrons. The normalized spacial score (nSPS) is 14.3. The van der Waals surface area contributed by atoms with E-state index in [1.165, 1.54) is 0 Å². The topological polar surface area (TPSA) is 110 Å². The van der Waals surface area contributed by atoms with E-state index < -0.39 is 4.92 Å². The molecule has 34 heavy (non-hydrogen) atoms. The van der Waals surface area contributed by atoms with Gasteiger partial charge >= 0.3 is 5.69 Å². The third-order valence-corrected chi connectivity index (χ3v) is 6.04. The highest BCUT2D eigenvalue weighted by molar-refractivity contribution is 6.00. The molecule has 1 aliphatic heterocycles. The molecular weight excluding hydrogens is 440 g/mol. The van der Waals surface area contributed by atoms with E-state index in [4.69, 9.17) is 14.1 Å². The number of aromatic nitrogens is 2. The lowest BCUT2D eigenvalue weighted by Gasteiger charge is -2.34. The number of nitro benzene ring substituents is 1. The van der Waals surface area contributed by atoms with Gasteiger partial charge in [-0.3, -0.25) is 10.1 Å². The van der Waals surface area contributed by atoms with Crippen LogP contribution in [0.15, 0.2) is 41.5 Å². The van der Waals surface area contributed by atoms with Gasteiger partial charge in [-0.05, 0) is 41.6 Å². The Kier molecular flexibility index (Phi) is 6.82. The Balaban J connectivity index is 1.84. The third kappa shape index (κ3) is 4.46. The summed E-state index contributed by atoms with van der Waals surface area (Å²) < 4.78 is 15.9. The standard InChI is InChI=1S/C23H28N6O5/c1-5-8-28(15-16-13-17(32-3)6-7-20(16)33-4)18-14-19(27-11-9-26(2)10-12-27)23(29(30)31)22-21(18)24-34-25-22/h5-7,13-14H,1,8-12,15H2,2-4H3. The molecule has 11 nitrogen and oxygen atoms in total. The molecule has 3 aromatic rings. The molecular formula is C23H28N6O5. The molecule has 0 amide bonds. The number of nitrogens with zero attached hydrogens (tertiary/aromatic N) is 6. The summed E-state index contributed by atoms with van der Waals surface area (Å²) in [6, 6.07) is 7.39. The molecule has 2 aromatic carbocycles. The van der Waals surface area contributed by atoms with Crippen LogP contribution in [0.25, 0.3) is 11.0 Å². The van der Waals surface area contributed by atoms with Crippen molar-refractivity contribution >= 4 is 28.1 Å². The molecule has 0 unspecified atom stereocenters. The predicted octanol–water partition coefficient (Wildman–Crippen LogP) is 3.09. The van der Waals surface area contributed by atoms with Crippen molar-refractivity contribution in [1.29, 1.82) is 0 Å². The molecule has 2 heterocycles. The molecule has 4 rings (SSSR count). The second-order valence-corrected chi connectivity index (χ2v) is 8.12. The lowest BCUT2D eigenvalue weighted by Crippen LogP contribution is -2.44. The van der Waals surface area contributed by atoms with Gasteiger partial charge in [0.05, 0.1) is 24.8 Å². The van der Waals surface area contributed by atoms with Crippen LogP contribution in [0.3, 0.4) is 0 Å². The van der Waals surface area contributed by atoms with Gasteiger partial charge in [-0.25, -0.2) is 4.63 Å². The molecule has 1 saturated heterocycles. The number of hydrogen-bond donors (Lipinski definition) is 0. The molecule has 11 heteroatoms. The van der Waals surface area contributed by atoms with Crippen LogP contribution in [-0.2, 0) is 6.54 Å². The van der Waals surface area contributed by atoms with Crippen molar-refractivity contribution in [2.75, 3.05) is 63.8 Å². The van der Waals surface area contributed by atoms with E-state index in [1.807, 2.05) is 41.1 Å². The maximum absolute atomic E-state index is 12.1. The minimum absolute atomic E-state index is 0.0953. The van der Waals surface area contributed by atoms with Gasteiger partial charge in [0.15, 0.2) is 5.52 Å². The monoisotopic (exact) mass is 468 g/mol. The first kappa shape index (κ1) is 23.3. The van der Waals surface area contributed by atoms with Crippen LogP contribution >= 0.6 is 0 Å². The first-order valence-corrected chi connectivity index (χ1v) is 10.9. The average molecular weight is 469 g/mol. The number of methoxy groups -OCH3 is 2. The van der Waals surface area contributed by atoms with Crippen molar-refractivity contribution in [2.45, 2.75) is 6.54 Å². The van der Waals surface area contributed by atoms with Crippen molar-refractivity contribution in [3.8, 4) is 11.5 Å². The summed E-state index contributed by atoms with van der Waals surface area (Å²) in [5, 5.41) is 20.0. The first-order valence-electron chi connectivity index (χ1n) is 10.9. The SMILES string of the molecule is C=CCN(Cc1cc(OC)ccc1OC)c1cc(N2CCN(C)CC2)c([N+](=O)[O-])c2nonc12. The lowest BCUT2D eigenvalue weighted by atomic mass is 10.1. The fourth-order valence-corrected chi connectivity index (χ4v) is 4.22. The maximum atomic E-state index is 12.1. The van der Waals surface area contributed by atoms with E-state index in [0.29, 0.717) is 54.6 Å². The predicted molar refractivity (Wildman–Crippen MR) is 129 cm³/mol. The number of ether oxygens (including phenoxy) is 2. The highest BCUT2D eigenvalue weighted by Crippen LogP contribution is 2.41. The van der Waals surface area contributed by atoms with Crippen molar-refractivity contribution in [2.24, 2.45) is 0 Å². The van der Waals surface area contributed by atoms with E-state index in [-0.39, 0.29) is 11.2 Å². The van der Waals surface area contributed by atoms with Crippen molar-refractivity contribution in [3.63, 3.8) is 0 Å². The minimum atomic E-state index is -0.410. The van der Waals surface area contributed by atoms with Gasteiger partial charge in [0.1, 0.15) is 17.2 Å². The minimum Gasteiger partial charge on any atom is -0.497 e. The second kappa shape index (κ2) is 9.96. The molecule has 0 spiro atoms. The number of fused-ring (bicyclic) bond motifs is 1. The Hall–Kier alpha value is -3.86. The number of nitro groups is 1. The van der Waals surface area contributed by atoms with Crippen LogP contribution < -0.4 is 19.3 Å². The summed E-state index contributed by atoms with van der Waals surface area (Å²) in [5.74, 6) is 1.40. The first-order chi connectivity index (χ1) is 16.5. The largest absolute Gasteiger partial charge is 0.497 e. The Morgan fingerprint density at radius 1 is 1.18 bits per heavy atom. The Bertz CT molecular complexity index is 1190. The molecule has 0 bridgehead atoms. The molecule has 0 atom stereocenters. The van der Waals surface area contributed by atoms with Crippen molar-refractivity contribution < 1.29 is 19.0 Å². The van der Waals surface area contributed by atoms with Gasteiger partial charge in [0, 0.05) is 44.8 Å². The zero-order valence-corrected chi connectivity index (χ0v) is 19.6. The van der Waals surface area contributed by atoms with E-state index in [1.54, 1.807) is 20.3 Å². The summed E-state index contributed by atoms with van der Waals surface area (Å²) in [6.07, 6.45) is 1.77. The van der Waals surface area contributed by atoms with Gasteiger partial charge in [0.25, 0.3) is 0 Å². The number of likely N-dealkylation sites (N-methyl/N-ethyl adjacent to an activating group) is 1. The summed E-state index contributed by atoms with van der Waals surface area (Å²) in [4.78, 5) is 17.9. The molecule has 0 N–H and O–H groups in total. The van der Waals surface area contributed by atoms with Gasteiger partial charge in [-0.2, -0.15) is 0 Å². The second-order valence-electron chi connectivity index (χ2n) is 8.12. The number of piperazine rings is 1. The van der Waals surface area contributed by atoms with Gasteiger partial charge in [-0.1, -0.05) is 6.08 Å². The summed E-state index contributed by atoms with van der Waals surface area (Å²) in [7, 11) is 5.26. The van der Waals surface area contributed by atoms with Crippen LogP contribution in [0.2, 0.25) is 0 Å². The zero-order valence-electron chi connectivity index (χ0n) is 19.6. The van der Waals surface area contributed by atoms with Crippen LogP contribution in [-0.4, -0.2) is 74.1 Å². The van der Waals surface area contributed by atoms with Gasteiger partial charge in [0.2, 0.25) is 5.52 Å². The van der Waals surface area contributed by atoms with E-state index in [2.05, 4.69) is 21.8 Å². The zero-order chi connectivity index (χ0) is 24.2. The molecule has 1 fully saturated rings. The van der Waals surface area contributed by atoms with E-state index >= 15 is 0 Å². The van der Waals surface area contributed by atoms with Crippen LogP contribution in [0.5, 0.6) is 11.5 Å². The number of rotatable bonds is 9. The average Bonchev–Trinajstić information content (AvgIpc) is 3.32. The Labute approximate surface area is 197 Å². The van der Waals surface area contributed by atoms with Crippen LogP contribution in [0, 0.1) is 10.1 Å². The summed E-state index contributed by atoms with van der Waals surface area (Å²) >= 11 is 0. The van der Waals surface area contributed by atoms with Crippen molar-refractivity contribution in [3.05, 3.63) is 52.6 Å². The molecule has 0 aliphatic carbocycles. The summed E-state index contributed by atoms with van der Waals surface area (Å²) in [5.41, 5.74) is 2.41. The number of benzene rings is 2. The maximum Gasteiger partial charge on any atom is 0.323 e. The Morgan fingerprint density at radius 3 is 2.56 bits per heavy atom. The quantitative estimate of drug-likeness (QED) is 0.264. The lowest BCUT2D eigenvalue weighted by molar-refractivity contribution is -0.382. The van der Waals surface area contributed by atoms with E-state index in [0.717, 1.165) is 18.7 Å². The van der Waals surface area contributed by atoms with E-state index in [9.17, 15) is 10.1 Å². The number of hydrogen-bond acceptors (Lipinski definition) is 10. The molecule has 1 aromatic heterocycles. The van der Waals surface area contributed by atoms with Gasteiger partial charge in [-0.15, -0.1) is 6.58 Å². The Morgan fingerprint density at radius 2 is 1.91 bits per heavy atom. The molecule has 1 aliphatic rings. The molecule has 180 valence electrons. The van der Waals surface area contributed by atoms with Crippen LogP contribution in [0.1, 0.15) is 5.56 Å². The smallest absolute Gasteiger partial charge is 0.323 e. The third-order valence-electron chi connectivity index (χ3n) is 6.04. The fourth-order valence-electron chi connectivity index (χ4n) is 4.22. The van der Waals surface area contributed by atoms with Crippen LogP contribution in [0.4, 0.5) is 17.1 Å². The highest BCUT2D eigenvalue weighted by Gasteiger charge is 2.31. The number of anilines is 2. The highest BCUT2D eigenvalue weighted by atomic mass is 16.6. The molecule has 0 saturated carbocycles. The van der Waals surface area contributed by atoms with Gasteiger partial charge < -0.3 is 24.2 Å². The van der Waals surface area contributed by atoms with Crippen molar-refractivity contribution in [1.82, 2.24) is 15.2 Å². The summed E-state index contributed by atoms with van der Waals surface area (Å²) in [6.45, 7) is 7.72. The fraction of sp³-hybridized carbons (Fsp3) is 0.391.